The predicted octanol–water partition coefficient (Wildman–Crippen LogP) is 2.44. The Morgan fingerprint density at radius 3 is 2.59 bits per heavy atom. The minimum Gasteiger partial charge on any atom is -0.299 e. The molecular formula is C18H21N3O. The van der Waals surface area contributed by atoms with E-state index in [1.165, 1.54) is 5.56 Å². The molecular weight excluding hydrogens is 274 g/mol. The highest BCUT2D eigenvalue weighted by Crippen LogP contribution is 2.44. The fraction of sp³-hybridized carbons (Fsp3) is 0.444. The number of benzene rings is 1. The van der Waals surface area contributed by atoms with E-state index >= 15 is 0 Å². The highest BCUT2D eigenvalue weighted by atomic mass is 16.1. The van der Waals surface area contributed by atoms with Gasteiger partial charge in [0, 0.05) is 31.6 Å². The fourth-order valence-corrected chi connectivity index (χ4v) is 3.93. The molecule has 1 spiro atoms. The molecule has 114 valence electrons. The van der Waals surface area contributed by atoms with Crippen LogP contribution < -0.4 is 0 Å². The van der Waals surface area contributed by atoms with E-state index < -0.39 is 0 Å². The van der Waals surface area contributed by atoms with Crippen LogP contribution in [0.3, 0.4) is 0 Å². The van der Waals surface area contributed by atoms with Gasteiger partial charge in [-0.2, -0.15) is 5.10 Å². The first-order chi connectivity index (χ1) is 10.7. The molecule has 4 nitrogen and oxygen atoms in total. The van der Waals surface area contributed by atoms with E-state index in [0.29, 0.717) is 5.78 Å². The number of hydrogen-bond acceptors (Lipinski definition) is 3. The molecule has 0 atom stereocenters. The van der Waals surface area contributed by atoms with Crippen LogP contribution in [0, 0.1) is 5.41 Å². The van der Waals surface area contributed by atoms with Crippen molar-refractivity contribution < 1.29 is 4.79 Å². The number of rotatable bonds is 2. The minimum atomic E-state index is -0.168. The summed E-state index contributed by atoms with van der Waals surface area (Å²) in [6.07, 6.45) is 4.64. The third-order valence-electron chi connectivity index (χ3n) is 5.20. The molecule has 1 saturated heterocycles. The highest BCUT2D eigenvalue weighted by Gasteiger charge is 2.48. The molecule has 1 aliphatic heterocycles. The number of Topliss-reactive ketones (excluding diaryl/α,β-unsaturated/α-hetero) is 1. The van der Waals surface area contributed by atoms with Crippen LogP contribution in [0.15, 0.2) is 36.5 Å². The minimum absolute atomic E-state index is 0.168. The van der Waals surface area contributed by atoms with Gasteiger partial charge in [-0.3, -0.25) is 14.4 Å². The summed E-state index contributed by atoms with van der Waals surface area (Å²) >= 11 is 0. The number of carbonyl (C=O) groups excluding carboxylic acids is 1. The zero-order valence-corrected chi connectivity index (χ0v) is 13.0. The van der Waals surface area contributed by atoms with E-state index in [1.807, 2.05) is 13.2 Å². The van der Waals surface area contributed by atoms with Crippen molar-refractivity contribution in [2.75, 3.05) is 13.1 Å². The molecule has 2 heterocycles. The molecule has 22 heavy (non-hydrogen) atoms. The zero-order chi connectivity index (χ0) is 15.2. The maximum Gasteiger partial charge on any atom is 0.172 e. The van der Waals surface area contributed by atoms with Gasteiger partial charge in [0.25, 0.3) is 0 Å². The van der Waals surface area contributed by atoms with E-state index in [-0.39, 0.29) is 5.41 Å². The third kappa shape index (κ3) is 2.18. The van der Waals surface area contributed by atoms with E-state index in [4.69, 9.17) is 0 Å². The number of fused-ring (bicyclic) bond motifs is 1. The molecule has 0 bridgehead atoms. The van der Waals surface area contributed by atoms with Crippen LogP contribution in [0.4, 0.5) is 0 Å². The third-order valence-corrected chi connectivity index (χ3v) is 5.20. The number of nitrogens with zero attached hydrogens (tertiary/aromatic N) is 3. The smallest absolute Gasteiger partial charge is 0.172 e. The van der Waals surface area contributed by atoms with Crippen molar-refractivity contribution in [3.8, 4) is 0 Å². The van der Waals surface area contributed by atoms with Crippen LogP contribution in [0.1, 0.15) is 34.5 Å². The molecule has 2 aromatic rings. The van der Waals surface area contributed by atoms with Gasteiger partial charge in [-0.1, -0.05) is 30.3 Å². The number of ketones is 1. The number of hydrogen-bond donors (Lipinski definition) is 0. The first-order valence-electron chi connectivity index (χ1n) is 8.00. The Hall–Kier alpha value is -1.94. The Bertz CT molecular complexity index is 696. The molecule has 0 radical (unpaired) electrons. The van der Waals surface area contributed by atoms with Crippen LogP contribution in [0.25, 0.3) is 0 Å². The summed E-state index contributed by atoms with van der Waals surface area (Å²) in [6.45, 7) is 2.98. The predicted molar refractivity (Wildman–Crippen MR) is 84.6 cm³/mol. The lowest BCUT2D eigenvalue weighted by Gasteiger charge is -2.38. The molecule has 0 amide bonds. The van der Waals surface area contributed by atoms with Gasteiger partial charge in [-0.05, 0) is 31.5 Å². The van der Waals surface area contributed by atoms with Crippen molar-refractivity contribution in [2.24, 2.45) is 12.5 Å². The monoisotopic (exact) mass is 295 g/mol. The summed E-state index contributed by atoms with van der Waals surface area (Å²) < 4.78 is 1.76. The van der Waals surface area contributed by atoms with E-state index in [0.717, 1.165) is 50.2 Å². The summed E-state index contributed by atoms with van der Waals surface area (Å²) in [5.74, 6) is 0.329. The Labute approximate surface area is 130 Å². The van der Waals surface area contributed by atoms with Crippen molar-refractivity contribution in [1.29, 1.82) is 0 Å². The van der Waals surface area contributed by atoms with Gasteiger partial charge in [0.05, 0.1) is 11.3 Å². The topological polar surface area (TPSA) is 38.1 Å². The SMILES string of the molecule is Cn1cc2c(n1)CC1(CCN(Cc3ccccc3)CC1)C2=O. The lowest BCUT2D eigenvalue weighted by molar-refractivity contribution is 0.0619. The number of aryl methyl sites for hydroxylation is 1. The number of likely N-dealkylation sites (tertiary alicyclic amines) is 1. The lowest BCUT2D eigenvalue weighted by Crippen LogP contribution is -2.43. The fourth-order valence-electron chi connectivity index (χ4n) is 3.93. The molecule has 2 aliphatic rings. The largest absolute Gasteiger partial charge is 0.299 e. The van der Waals surface area contributed by atoms with Gasteiger partial charge < -0.3 is 0 Å². The lowest BCUT2D eigenvalue weighted by atomic mass is 9.75. The number of aromatic nitrogens is 2. The number of carbonyl (C=O) groups is 1. The van der Waals surface area contributed by atoms with Gasteiger partial charge >= 0.3 is 0 Å². The molecule has 1 aromatic carbocycles. The molecule has 0 saturated carbocycles. The van der Waals surface area contributed by atoms with Gasteiger partial charge in [0.2, 0.25) is 0 Å². The summed E-state index contributed by atoms with van der Waals surface area (Å²) in [5, 5.41) is 4.46. The zero-order valence-electron chi connectivity index (χ0n) is 13.0. The van der Waals surface area contributed by atoms with Crippen LogP contribution in [-0.2, 0) is 20.0 Å². The highest BCUT2D eigenvalue weighted by molar-refractivity contribution is 6.04. The Kier molecular flexibility index (Phi) is 3.15. The summed E-state index contributed by atoms with van der Waals surface area (Å²) in [4.78, 5) is 15.2. The maximum absolute atomic E-state index is 12.8. The Morgan fingerprint density at radius 1 is 1.18 bits per heavy atom. The van der Waals surface area contributed by atoms with E-state index in [9.17, 15) is 4.79 Å². The first kappa shape index (κ1) is 13.7. The normalized spacial score (nSPS) is 20.5. The molecule has 0 N–H and O–H groups in total. The second-order valence-electron chi connectivity index (χ2n) is 6.71. The van der Waals surface area contributed by atoms with Gasteiger partial charge in [-0.25, -0.2) is 0 Å². The van der Waals surface area contributed by atoms with Crippen molar-refractivity contribution in [2.45, 2.75) is 25.8 Å². The Balaban J connectivity index is 1.44. The quantitative estimate of drug-likeness (QED) is 0.854. The average molecular weight is 295 g/mol. The summed E-state index contributed by atoms with van der Waals surface area (Å²) in [5.41, 5.74) is 3.05. The first-order valence-corrected chi connectivity index (χ1v) is 8.00. The van der Waals surface area contributed by atoms with Crippen LogP contribution in [-0.4, -0.2) is 33.6 Å². The molecule has 1 aromatic heterocycles. The molecule has 1 aliphatic carbocycles. The number of piperidine rings is 1. The van der Waals surface area contributed by atoms with Crippen LogP contribution in [0.2, 0.25) is 0 Å². The van der Waals surface area contributed by atoms with Crippen LogP contribution >= 0.6 is 0 Å². The molecule has 1 fully saturated rings. The second-order valence-corrected chi connectivity index (χ2v) is 6.71. The average Bonchev–Trinajstić information content (AvgIpc) is 3.00. The van der Waals surface area contributed by atoms with Crippen molar-refractivity contribution >= 4 is 5.78 Å². The summed E-state index contributed by atoms with van der Waals surface area (Å²) in [6, 6.07) is 10.6. The van der Waals surface area contributed by atoms with Crippen molar-refractivity contribution in [3.05, 3.63) is 53.3 Å². The van der Waals surface area contributed by atoms with Crippen LogP contribution in [0.5, 0.6) is 0 Å². The van der Waals surface area contributed by atoms with Gasteiger partial charge in [0.15, 0.2) is 5.78 Å². The standard InChI is InChI=1S/C18H21N3O/c1-20-13-15-16(19-20)11-18(17(15)22)7-9-21(10-8-18)12-14-5-3-2-4-6-14/h2-6,13H,7-12H2,1H3. The van der Waals surface area contributed by atoms with Crippen molar-refractivity contribution in [1.82, 2.24) is 14.7 Å². The summed E-state index contributed by atoms with van der Waals surface area (Å²) in [7, 11) is 1.89. The molecule has 4 heteroatoms. The van der Waals surface area contributed by atoms with Gasteiger partial charge in [0.1, 0.15) is 0 Å². The maximum atomic E-state index is 12.8. The van der Waals surface area contributed by atoms with Crippen molar-refractivity contribution in [3.63, 3.8) is 0 Å². The van der Waals surface area contributed by atoms with E-state index in [2.05, 4.69) is 40.3 Å². The van der Waals surface area contributed by atoms with Gasteiger partial charge in [-0.15, -0.1) is 0 Å². The molecule has 4 rings (SSSR count). The second kappa shape index (κ2) is 5.06. The molecule has 0 unspecified atom stereocenters. The Morgan fingerprint density at radius 2 is 1.91 bits per heavy atom. The van der Waals surface area contributed by atoms with E-state index in [1.54, 1.807) is 4.68 Å².